The van der Waals surface area contributed by atoms with Crippen molar-refractivity contribution < 1.29 is 4.79 Å². The smallest absolute Gasteiger partial charge is 0.237 e. The van der Waals surface area contributed by atoms with Crippen LogP contribution in [-0.2, 0) is 18.4 Å². The monoisotopic (exact) mass is 252 g/mol. The lowest BCUT2D eigenvalue weighted by Gasteiger charge is -2.17. The van der Waals surface area contributed by atoms with Crippen LogP contribution in [0.25, 0.3) is 0 Å². The molecule has 0 aliphatic carbocycles. The molecule has 1 heterocycles. The summed E-state index contributed by atoms with van der Waals surface area (Å²) < 4.78 is 1.79. The number of carbonyl (C=O) groups excluding carboxylic acids is 1. The molecule has 0 aliphatic heterocycles. The molecular formula is C13H24N4O. The minimum atomic E-state index is -0.196. The van der Waals surface area contributed by atoms with Crippen LogP contribution in [0.1, 0.15) is 38.4 Å². The topological polar surface area (TPSA) is 59.0 Å². The van der Waals surface area contributed by atoms with Gasteiger partial charge in [0.2, 0.25) is 5.91 Å². The second-order valence-electron chi connectivity index (χ2n) is 4.83. The number of carbonyl (C=O) groups is 1. The predicted molar refractivity (Wildman–Crippen MR) is 72.1 cm³/mol. The van der Waals surface area contributed by atoms with Crippen LogP contribution in [0.4, 0.5) is 0 Å². The van der Waals surface area contributed by atoms with Crippen molar-refractivity contribution >= 4 is 5.91 Å². The molecule has 1 rings (SSSR count). The highest BCUT2D eigenvalue weighted by Crippen LogP contribution is 2.04. The Morgan fingerprint density at radius 2 is 2.17 bits per heavy atom. The van der Waals surface area contributed by atoms with Crippen LogP contribution in [0.15, 0.2) is 6.20 Å². The standard InChI is InChI=1S/C13H24N4O/c1-6-9(2)15-13(18)11(4)14-7-12-8-17(5)16-10(12)3/h8-9,11,14H,6-7H2,1-5H3,(H,15,18). The van der Waals surface area contributed by atoms with Crippen LogP contribution in [0.5, 0.6) is 0 Å². The predicted octanol–water partition coefficient (Wildman–Crippen LogP) is 1.12. The van der Waals surface area contributed by atoms with Crippen LogP contribution in [0.3, 0.4) is 0 Å². The number of hydrogen-bond acceptors (Lipinski definition) is 3. The number of aryl methyl sites for hydroxylation is 2. The average molecular weight is 252 g/mol. The lowest BCUT2D eigenvalue weighted by molar-refractivity contribution is -0.123. The molecule has 2 N–H and O–H groups in total. The highest BCUT2D eigenvalue weighted by Gasteiger charge is 2.14. The van der Waals surface area contributed by atoms with Crippen molar-refractivity contribution in [1.82, 2.24) is 20.4 Å². The molecular weight excluding hydrogens is 228 g/mol. The van der Waals surface area contributed by atoms with Gasteiger partial charge in [-0.3, -0.25) is 9.48 Å². The molecule has 0 saturated heterocycles. The van der Waals surface area contributed by atoms with Crippen molar-refractivity contribution in [2.75, 3.05) is 0 Å². The molecule has 0 bridgehead atoms. The molecule has 0 radical (unpaired) electrons. The van der Waals surface area contributed by atoms with Crippen molar-refractivity contribution in [3.63, 3.8) is 0 Å². The van der Waals surface area contributed by atoms with E-state index in [1.165, 1.54) is 0 Å². The fourth-order valence-electron chi connectivity index (χ4n) is 1.65. The zero-order valence-corrected chi connectivity index (χ0v) is 11.9. The molecule has 1 aromatic heterocycles. The van der Waals surface area contributed by atoms with Gasteiger partial charge in [0, 0.05) is 31.4 Å². The number of nitrogens with one attached hydrogen (secondary N) is 2. The lowest BCUT2D eigenvalue weighted by atomic mass is 10.2. The quantitative estimate of drug-likeness (QED) is 0.797. The summed E-state index contributed by atoms with van der Waals surface area (Å²) in [7, 11) is 1.90. The van der Waals surface area contributed by atoms with E-state index in [9.17, 15) is 4.79 Å². The second kappa shape index (κ2) is 6.54. The number of aromatic nitrogens is 2. The molecule has 0 spiro atoms. The van der Waals surface area contributed by atoms with Gasteiger partial charge in [0.15, 0.2) is 0 Å². The van der Waals surface area contributed by atoms with Crippen LogP contribution >= 0.6 is 0 Å². The Bertz CT molecular complexity index is 400. The Kier molecular flexibility index (Phi) is 5.34. The first-order chi connectivity index (χ1) is 8.43. The number of hydrogen-bond donors (Lipinski definition) is 2. The molecule has 1 aromatic rings. The van der Waals surface area contributed by atoms with Gasteiger partial charge >= 0.3 is 0 Å². The van der Waals surface area contributed by atoms with Gasteiger partial charge in [-0.05, 0) is 27.2 Å². The number of nitrogens with zero attached hydrogens (tertiary/aromatic N) is 2. The van der Waals surface area contributed by atoms with E-state index in [1.54, 1.807) is 4.68 Å². The first-order valence-corrected chi connectivity index (χ1v) is 6.47. The number of amides is 1. The largest absolute Gasteiger partial charge is 0.352 e. The lowest BCUT2D eigenvalue weighted by Crippen LogP contribution is -2.45. The normalized spacial score (nSPS) is 14.3. The van der Waals surface area contributed by atoms with Crippen molar-refractivity contribution in [3.8, 4) is 0 Å². The van der Waals surface area contributed by atoms with Crippen LogP contribution in [-0.4, -0.2) is 27.8 Å². The first-order valence-electron chi connectivity index (χ1n) is 6.47. The van der Waals surface area contributed by atoms with Crippen LogP contribution in [0, 0.1) is 6.92 Å². The summed E-state index contributed by atoms with van der Waals surface area (Å²) in [4.78, 5) is 11.8. The van der Waals surface area contributed by atoms with Crippen LogP contribution < -0.4 is 10.6 Å². The van der Waals surface area contributed by atoms with Gasteiger partial charge in [0.25, 0.3) is 0 Å². The van der Waals surface area contributed by atoms with E-state index in [0.29, 0.717) is 6.54 Å². The third kappa shape index (κ3) is 4.14. The van der Waals surface area contributed by atoms with Gasteiger partial charge in [-0.2, -0.15) is 5.10 Å². The summed E-state index contributed by atoms with van der Waals surface area (Å²) in [6.45, 7) is 8.58. The van der Waals surface area contributed by atoms with Crippen molar-refractivity contribution in [1.29, 1.82) is 0 Å². The van der Waals surface area contributed by atoms with Gasteiger partial charge in [-0.25, -0.2) is 0 Å². The molecule has 18 heavy (non-hydrogen) atoms. The second-order valence-corrected chi connectivity index (χ2v) is 4.83. The third-order valence-corrected chi connectivity index (χ3v) is 3.11. The molecule has 5 nitrogen and oxygen atoms in total. The fourth-order valence-corrected chi connectivity index (χ4v) is 1.65. The molecule has 0 fully saturated rings. The number of rotatable bonds is 6. The van der Waals surface area contributed by atoms with Crippen molar-refractivity contribution in [3.05, 3.63) is 17.5 Å². The maximum absolute atomic E-state index is 11.8. The Labute approximate surface area is 109 Å². The molecule has 1 amide bonds. The third-order valence-electron chi connectivity index (χ3n) is 3.11. The van der Waals surface area contributed by atoms with E-state index in [4.69, 9.17) is 0 Å². The maximum Gasteiger partial charge on any atom is 0.237 e. The molecule has 0 aromatic carbocycles. The Balaban J connectivity index is 2.43. The highest BCUT2D eigenvalue weighted by atomic mass is 16.2. The van der Waals surface area contributed by atoms with E-state index < -0.39 is 0 Å². The maximum atomic E-state index is 11.8. The summed E-state index contributed by atoms with van der Waals surface area (Å²) in [6.07, 6.45) is 2.92. The van der Waals surface area contributed by atoms with Crippen molar-refractivity contribution in [2.24, 2.45) is 7.05 Å². The molecule has 0 saturated carbocycles. The SMILES string of the molecule is CCC(C)NC(=O)C(C)NCc1cn(C)nc1C. The van der Waals surface area contributed by atoms with Gasteiger partial charge in [0.05, 0.1) is 11.7 Å². The minimum Gasteiger partial charge on any atom is -0.352 e. The van der Waals surface area contributed by atoms with Gasteiger partial charge in [0.1, 0.15) is 0 Å². The van der Waals surface area contributed by atoms with E-state index in [1.807, 2.05) is 34.0 Å². The fraction of sp³-hybridized carbons (Fsp3) is 0.692. The van der Waals surface area contributed by atoms with E-state index in [0.717, 1.165) is 17.7 Å². The first kappa shape index (κ1) is 14.7. The Hall–Kier alpha value is -1.36. The zero-order valence-electron chi connectivity index (χ0n) is 11.9. The van der Waals surface area contributed by atoms with E-state index >= 15 is 0 Å². The summed E-state index contributed by atoms with van der Waals surface area (Å²) in [5, 5.41) is 10.5. The molecule has 2 unspecified atom stereocenters. The van der Waals surface area contributed by atoms with Crippen LogP contribution in [0.2, 0.25) is 0 Å². The van der Waals surface area contributed by atoms with E-state index in [-0.39, 0.29) is 18.0 Å². The Morgan fingerprint density at radius 1 is 1.50 bits per heavy atom. The van der Waals surface area contributed by atoms with Gasteiger partial charge in [-0.15, -0.1) is 0 Å². The molecule has 0 aliphatic rings. The zero-order chi connectivity index (χ0) is 13.7. The average Bonchev–Trinajstić information content (AvgIpc) is 2.64. The van der Waals surface area contributed by atoms with E-state index in [2.05, 4.69) is 22.7 Å². The summed E-state index contributed by atoms with van der Waals surface area (Å²) in [6, 6.07) is 0.0282. The minimum absolute atomic E-state index is 0.0471. The molecule has 5 heteroatoms. The van der Waals surface area contributed by atoms with Gasteiger partial charge in [-0.1, -0.05) is 6.92 Å². The molecule has 2 atom stereocenters. The molecule has 102 valence electrons. The summed E-state index contributed by atoms with van der Waals surface area (Å²) in [5.74, 6) is 0.0471. The summed E-state index contributed by atoms with van der Waals surface area (Å²) >= 11 is 0. The highest BCUT2D eigenvalue weighted by molar-refractivity contribution is 5.81. The Morgan fingerprint density at radius 3 is 2.67 bits per heavy atom. The van der Waals surface area contributed by atoms with Crippen molar-refractivity contribution in [2.45, 2.75) is 52.7 Å². The summed E-state index contributed by atoms with van der Waals surface area (Å²) in [5.41, 5.74) is 2.13. The van der Waals surface area contributed by atoms with Gasteiger partial charge < -0.3 is 10.6 Å².